The fourth-order valence-electron chi connectivity index (χ4n) is 1.49. The summed E-state index contributed by atoms with van der Waals surface area (Å²) in [5.41, 5.74) is 0.193. The lowest BCUT2D eigenvalue weighted by Gasteiger charge is -2.04. The monoisotopic (exact) mass is 312 g/mol. The molecule has 2 aromatic heterocycles. The van der Waals surface area contributed by atoms with Crippen molar-refractivity contribution in [2.24, 2.45) is 0 Å². The SMILES string of the molecule is Cc1oc(C(=O)O)cc1S(=O)(=O)Nc1sccc1C#N. The molecule has 9 heteroatoms. The minimum atomic E-state index is -4.01. The molecule has 0 spiro atoms. The first-order valence-corrected chi connectivity index (χ1v) is 7.55. The van der Waals surface area contributed by atoms with E-state index < -0.39 is 21.8 Å². The molecule has 0 amide bonds. The molecule has 20 heavy (non-hydrogen) atoms. The van der Waals surface area contributed by atoms with Crippen LogP contribution >= 0.6 is 11.3 Å². The van der Waals surface area contributed by atoms with Crippen LogP contribution in [0.25, 0.3) is 0 Å². The first kappa shape index (κ1) is 14.1. The van der Waals surface area contributed by atoms with E-state index in [4.69, 9.17) is 14.8 Å². The van der Waals surface area contributed by atoms with Gasteiger partial charge in [-0.2, -0.15) is 5.26 Å². The fraction of sp³-hybridized carbons (Fsp3) is 0.0909. The average Bonchev–Trinajstić information content (AvgIpc) is 2.95. The van der Waals surface area contributed by atoms with E-state index in [9.17, 15) is 13.2 Å². The normalized spacial score (nSPS) is 11.0. The maximum atomic E-state index is 12.2. The number of nitrogens with zero attached hydrogens (tertiary/aromatic N) is 1. The van der Waals surface area contributed by atoms with Crippen LogP contribution < -0.4 is 4.72 Å². The molecule has 7 nitrogen and oxygen atoms in total. The van der Waals surface area contributed by atoms with Crippen LogP contribution in [0.3, 0.4) is 0 Å². The average molecular weight is 312 g/mol. The number of carboxylic acids is 1. The number of aromatic carboxylic acids is 1. The van der Waals surface area contributed by atoms with Crippen molar-refractivity contribution in [1.29, 1.82) is 5.26 Å². The van der Waals surface area contributed by atoms with Gasteiger partial charge < -0.3 is 9.52 Å². The lowest BCUT2D eigenvalue weighted by atomic mass is 10.4. The first-order chi connectivity index (χ1) is 9.35. The fourth-order valence-corrected chi connectivity index (χ4v) is 3.74. The van der Waals surface area contributed by atoms with Gasteiger partial charge >= 0.3 is 5.97 Å². The Morgan fingerprint density at radius 3 is 2.80 bits per heavy atom. The molecule has 0 saturated heterocycles. The van der Waals surface area contributed by atoms with Crippen molar-refractivity contribution in [3.8, 4) is 6.07 Å². The number of anilines is 1. The largest absolute Gasteiger partial charge is 0.475 e. The Labute approximate surface area is 118 Å². The minimum absolute atomic E-state index is 0.0371. The molecule has 2 rings (SSSR count). The van der Waals surface area contributed by atoms with Crippen molar-refractivity contribution in [1.82, 2.24) is 0 Å². The van der Waals surface area contributed by atoms with Crippen molar-refractivity contribution in [2.45, 2.75) is 11.8 Å². The molecule has 0 unspecified atom stereocenters. The van der Waals surface area contributed by atoms with Crippen LogP contribution in [0.15, 0.2) is 26.8 Å². The number of carboxylic acid groups (broad SMARTS) is 1. The molecular weight excluding hydrogens is 304 g/mol. The Bertz CT molecular complexity index is 810. The highest BCUT2D eigenvalue weighted by Gasteiger charge is 2.25. The Kier molecular flexibility index (Phi) is 3.52. The molecule has 2 heterocycles. The molecule has 0 radical (unpaired) electrons. The quantitative estimate of drug-likeness (QED) is 0.891. The summed E-state index contributed by atoms with van der Waals surface area (Å²) in [5, 5.41) is 19.4. The summed E-state index contributed by atoms with van der Waals surface area (Å²) < 4.78 is 31.4. The number of nitrogens with one attached hydrogen (secondary N) is 1. The Balaban J connectivity index is 2.41. The second-order valence-electron chi connectivity index (χ2n) is 3.72. The van der Waals surface area contributed by atoms with Gasteiger partial charge in [0.15, 0.2) is 0 Å². The van der Waals surface area contributed by atoms with Crippen LogP contribution in [0.1, 0.15) is 21.9 Å². The van der Waals surface area contributed by atoms with E-state index in [0.29, 0.717) is 0 Å². The highest BCUT2D eigenvalue weighted by atomic mass is 32.2. The van der Waals surface area contributed by atoms with Crippen LogP contribution in [0, 0.1) is 18.3 Å². The van der Waals surface area contributed by atoms with Gasteiger partial charge in [0.1, 0.15) is 21.7 Å². The van der Waals surface area contributed by atoms with Gasteiger partial charge in [0.25, 0.3) is 10.0 Å². The summed E-state index contributed by atoms with van der Waals surface area (Å²) in [7, 11) is -4.01. The molecule has 0 saturated carbocycles. The molecule has 0 atom stereocenters. The standard InChI is InChI=1S/C11H8N2O5S2/c1-6-9(4-8(18-6)11(14)15)20(16,17)13-10-7(5-12)2-3-19-10/h2-4,13H,1H3,(H,14,15). The number of aryl methyl sites for hydroxylation is 1. The number of carbonyl (C=O) groups is 1. The van der Waals surface area contributed by atoms with Gasteiger partial charge in [-0.1, -0.05) is 0 Å². The molecule has 0 aromatic carbocycles. The zero-order valence-electron chi connectivity index (χ0n) is 10.1. The Morgan fingerprint density at radius 1 is 1.55 bits per heavy atom. The third kappa shape index (κ3) is 2.52. The number of sulfonamides is 1. The van der Waals surface area contributed by atoms with Crippen LogP contribution in [0.2, 0.25) is 0 Å². The van der Waals surface area contributed by atoms with Crippen molar-refractivity contribution < 1.29 is 22.7 Å². The Hall–Kier alpha value is -2.31. The zero-order chi connectivity index (χ0) is 14.9. The predicted octanol–water partition coefficient (Wildman–Crippen LogP) is 2.02. The second-order valence-corrected chi connectivity index (χ2v) is 6.28. The van der Waals surface area contributed by atoms with E-state index in [-0.39, 0.29) is 21.2 Å². The maximum Gasteiger partial charge on any atom is 0.371 e. The summed E-state index contributed by atoms with van der Waals surface area (Å²) in [6.07, 6.45) is 0. The van der Waals surface area contributed by atoms with E-state index in [0.717, 1.165) is 17.4 Å². The number of thiophene rings is 1. The van der Waals surface area contributed by atoms with Gasteiger partial charge in [0.05, 0.1) is 5.56 Å². The van der Waals surface area contributed by atoms with Gasteiger partial charge in [-0.15, -0.1) is 11.3 Å². The smallest absolute Gasteiger partial charge is 0.371 e. The van der Waals surface area contributed by atoms with Gasteiger partial charge in [-0.3, -0.25) is 4.72 Å². The second kappa shape index (κ2) is 4.99. The highest BCUT2D eigenvalue weighted by molar-refractivity contribution is 7.93. The van der Waals surface area contributed by atoms with E-state index in [1.165, 1.54) is 13.0 Å². The third-order valence-corrected chi connectivity index (χ3v) is 4.80. The van der Waals surface area contributed by atoms with Gasteiger partial charge in [0.2, 0.25) is 5.76 Å². The van der Waals surface area contributed by atoms with Crippen LogP contribution in [0.4, 0.5) is 5.00 Å². The number of furan rings is 1. The Morgan fingerprint density at radius 2 is 2.25 bits per heavy atom. The van der Waals surface area contributed by atoms with Gasteiger partial charge in [0, 0.05) is 6.07 Å². The van der Waals surface area contributed by atoms with E-state index in [1.807, 2.05) is 6.07 Å². The van der Waals surface area contributed by atoms with E-state index >= 15 is 0 Å². The number of nitriles is 1. The van der Waals surface area contributed by atoms with Crippen LogP contribution in [-0.2, 0) is 10.0 Å². The van der Waals surface area contributed by atoms with Crippen molar-refractivity contribution in [3.63, 3.8) is 0 Å². The molecule has 0 bridgehead atoms. The molecule has 0 aliphatic carbocycles. The molecule has 0 aliphatic heterocycles. The summed E-state index contributed by atoms with van der Waals surface area (Å²) in [4.78, 5) is 10.5. The lowest BCUT2D eigenvalue weighted by Crippen LogP contribution is -2.13. The number of hydrogen-bond donors (Lipinski definition) is 2. The molecule has 104 valence electrons. The number of hydrogen-bond acceptors (Lipinski definition) is 6. The topological polar surface area (TPSA) is 120 Å². The summed E-state index contributed by atoms with van der Waals surface area (Å²) in [6.45, 7) is 1.35. The van der Waals surface area contributed by atoms with Crippen molar-refractivity contribution in [3.05, 3.63) is 34.6 Å². The van der Waals surface area contributed by atoms with Crippen molar-refractivity contribution in [2.75, 3.05) is 4.72 Å². The predicted molar refractivity (Wildman–Crippen MR) is 70.2 cm³/mol. The summed E-state index contributed by atoms with van der Waals surface area (Å²) in [5.74, 6) is -1.86. The molecule has 2 aromatic rings. The van der Waals surface area contributed by atoms with Crippen molar-refractivity contribution >= 4 is 32.3 Å². The molecule has 2 N–H and O–H groups in total. The van der Waals surface area contributed by atoms with E-state index in [2.05, 4.69) is 4.72 Å². The summed E-state index contributed by atoms with van der Waals surface area (Å²) in [6, 6.07) is 4.26. The van der Waals surface area contributed by atoms with Gasteiger partial charge in [-0.25, -0.2) is 13.2 Å². The van der Waals surface area contributed by atoms with Crippen LogP contribution in [-0.4, -0.2) is 19.5 Å². The minimum Gasteiger partial charge on any atom is -0.475 e. The summed E-state index contributed by atoms with van der Waals surface area (Å²) >= 11 is 1.05. The third-order valence-electron chi connectivity index (χ3n) is 2.39. The lowest BCUT2D eigenvalue weighted by molar-refractivity contribution is 0.0661. The van der Waals surface area contributed by atoms with Crippen LogP contribution in [0.5, 0.6) is 0 Å². The first-order valence-electron chi connectivity index (χ1n) is 5.19. The van der Waals surface area contributed by atoms with E-state index in [1.54, 1.807) is 5.38 Å². The zero-order valence-corrected chi connectivity index (χ0v) is 11.7. The molecular formula is C11H8N2O5S2. The number of rotatable bonds is 4. The highest BCUT2D eigenvalue weighted by Crippen LogP contribution is 2.27. The maximum absolute atomic E-state index is 12.2. The van der Waals surface area contributed by atoms with Gasteiger partial charge in [-0.05, 0) is 18.4 Å². The molecule has 0 fully saturated rings. The molecule has 0 aliphatic rings.